The van der Waals surface area contributed by atoms with Crippen molar-refractivity contribution in [1.82, 2.24) is 9.03 Å². The van der Waals surface area contributed by atoms with Gasteiger partial charge in [0, 0.05) is 31.0 Å². The quantitative estimate of drug-likeness (QED) is 0.790. The Morgan fingerprint density at radius 1 is 0.950 bits per heavy atom. The molecule has 0 spiro atoms. The van der Waals surface area contributed by atoms with E-state index in [1.54, 1.807) is 20.8 Å². The lowest BCUT2D eigenvalue weighted by Crippen LogP contribution is -2.23. The normalized spacial score (nSPS) is 12.4. The van der Waals surface area contributed by atoms with Crippen molar-refractivity contribution >= 4 is 7.60 Å². The predicted molar refractivity (Wildman–Crippen MR) is 74.1 cm³/mol. The molecule has 0 saturated heterocycles. The van der Waals surface area contributed by atoms with Crippen LogP contribution in [0, 0.1) is 20.8 Å². The monoisotopic (exact) mass is 300 g/mol. The first-order valence-corrected chi connectivity index (χ1v) is 7.76. The molecule has 0 bridgehead atoms. The predicted octanol–water partition coefficient (Wildman–Crippen LogP) is 1.11. The van der Waals surface area contributed by atoms with Gasteiger partial charge in [0.05, 0.1) is 11.9 Å². The second-order valence-corrected chi connectivity index (χ2v) is 6.92. The lowest BCUT2D eigenvalue weighted by Gasteiger charge is -2.13. The van der Waals surface area contributed by atoms with Crippen LogP contribution in [0.3, 0.4) is 0 Å². The maximum atomic E-state index is 12.3. The molecule has 0 saturated carbocycles. The van der Waals surface area contributed by atoms with Crippen molar-refractivity contribution in [2.24, 2.45) is 0 Å². The van der Waals surface area contributed by atoms with Gasteiger partial charge in [0.25, 0.3) is 11.1 Å². The molecule has 0 atom stereocenters. The Morgan fingerprint density at radius 2 is 1.45 bits per heavy atom. The van der Waals surface area contributed by atoms with E-state index in [-0.39, 0.29) is 11.7 Å². The average Bonchev–Trinajstić information content (AvgIpc) is 2.81. The molecular weight excluding hydrogens is 283 g/mol. The summed E-state index contributed by atoms with van der Waals surface area (Å²) in [4.78, 5) is 24.2. The van der Waals surface area contributed by atoms with Gasteiger partial charge in [-0.3, -0.25) is 18.7 Å². The van der Waals surface area contributed by atoms with Crippen LogP contribution in [0.15, 0.2) is 9.59 Å². The second kappa shape index (κ2) is 4.84. The van der Waals surface area contributed by atoms with Crippen LogP contribution in [-0.2, 0) is 19.8 Å². The van der Waals surface area contributed by atoms with Gasteiger partial charge in [0.15, 0.2) is 0 Å². The van der Waals surface area contributed by atoms with Crippen molar-refractivity contribution in [2.75, 3.05) is 14.2 Å². The Labute approximate surface area is 115 Å². The molecule has 0 aliphatic heterocycles. The number of fused-ring (bicyclic) bond motifs is 1. The molecule has 0 unspecified atom stereocenters. The van der Waals surface area contributed by atoms with Gasteiger partial charge in [0.2, 0.25) is 0 Å². The summed E-state index contributed by atoms with van der Waals surface area (Å²) in [5, 5.41) is 0. The van der Waals surface area contributed by atoms with E-state index in [1.165, 1.54) is 18.7 Å². The number of aryl methyl sites for hydroxylation is 1. The van der Waals surface area contributed by atoms with Gasteiger partial charge in [-0.05, 0) is 20.8 Å². The third kappa shape index (κ3) is 1.93. The van der Waals surface area contributed by atoms with Crippen LogP contribution in [0.5, 0.6) is 0 Å². The standard InChI is InChI=1S/C12H17N2O5P/c1-7-9(3)13-10(6-20(17,18-4)19-5)8(2)12(16)14(13)11(7)15/h6H2,1-5H3. The van der Waals surface area contributed by atoms with Crippen LogP contribution in [-0.4, -0.2) is 23.3 Å². The fourth-order valence-electron chi connectivity index (χ4n) is 2.23. The highest BCUT2D eigenvalue weighted by Gasteiger charge is 2.28. The minimum absolute atomic E-state index is 0.0635. The summed E-state index contributed by atoms with van der Waals surface area (Å²) in [6.07, 6.45) is -0.0635. The number of hydrogen-bond acceptors (Lipinski definition) is 5. The molecule has 0 aliphatic carbocycles. The molecule has 0 amide bonds. The van der Waals surface area contributed by atoms with Crippen molar-refractivity contribution in [1.29, 1.82) is 0 Å². The summed E-state index contributed by atoms with van der Waals surface area (Å²) < 4.78 is 24.7. The van der Waals surface area contributed by atoms with Crippen LogP contribution in [0.1, 0.15) is 22.5 Å². The van der Waals surface area contributed by atoms with Crippen molar-refractivity contribution in [3.8, 4) is 0 Å². The van der Waals surface area contributed by atoms with E-state index in [2.05, 4.69) is 0 Å². The lowest BCUT2D eigenvalue weighted by molar-refractivity contribution is 0.274. The third-order valence-corrected chi connectivity index (χ3v) is 5.47. The van der Waals surface area contributed by atoms with Gasteiger partial charge in [-0.15, -0.1) is 0 Å². The van der Waals surface area contributed by atoms with Crippen LogP contribution < -0.4 is 11.1 Å². The fraction of sp³-hybridized carbons (Fsp3) is 0.500. The maximum Gasteiger partial charge on any atom is 0.336 e. The number of nitrogens with zero attached hydrogens (tertiary/aromatic N) is 2. The molecule has 2 aromatic rings. The van der Waals surface area contributed by atoms with Crippen LogP contribution in [0.4, 0.5) is 0 Å². The molecule has 2 heterocycles. The summed E-state index contributed by atoms with van der Waals surface area (Å²) in [5.41, 5.74) is 1.23. The zero-order chi connectivity index (χ0) is 15.2. The molecule has 110 valence electrons. The fourth-order valence-corrected chi connectivity index (χ4v) is 3.38. The van der Waals surface area contributed by atoms with Gasteiger partial charge >= 0.3 is 7.60 Å². The summed E-state index contributed by atoms with van der Waals surface area (Å²) >= 11 is 0. The van der Waals surface area contributed by atoms with Crippen LogP contribution in [0.25, 0.3) is 0 Å². The lowest BCUT2D eigenvalue weighted by atomic mass is 10.2. The molecule has 8 heteroatoms. The molecule has 2 aromatic heterocycles. The van der Waals surface area contributed by atoms with E-state index < -0.39 is 13.2 Å². The molecule has 0 aromatic carbocycles. The van der Waals surface area contributed by atoms with Crippen molar-refractivity contribution in [3.05, 3.63) is 43.2 Å². The maximum absolute atomic E-state index is 12.3. The summed E-state index contributed by atoms with van der Waals surface area (Å²) in [6, 6.07) is 0. The minimum atomic E-state index is -3.32. The zero-order valence-electron chi connectivity index (χ0n) is 12.1. The van der Waals surface area contributed by atoms with E-state index in [0.717, 1.165) is 4.52 Å². The second-order valence-electron chi connectivity index (χ2n) is 4.65. The van der Waals surface area contributed by atoms with E-state index in [1.807, 2.05) is 0 Å². The largest absolute Gasteiger partial charge is 0.336 e. The van der Waals surface area contributed by atoms with E-state index in [0.29, 0.717) is 22.5 Å². The van der Waals surface area contributed by atoms with Gasteiger partial charge in [-0.1, -0.05) is 0 Å². The minimum Gasteiger partial charge on any atom is -0.312 e. The topological polar surface area (TPSA) is 78.5 Å². The molecule has 20 heavy (non-hydrogen) atoms. The van der Waals surface area contributed by atoms with Crippen molar-refractivity contribution in [3.63, 3.8) is 0 Å². The molecule has 7 nitrogen and oxygen atoms in total. The Morgan fingerprint density at radius 3 is 1.95 bits per heavy atom. The SMILES string of the molecule is COP(=O)(Cc1c(C)c(=O)n2c(=O)c(C)c(C)n12)OC. The van der Waals surface area contributed by atoms with Crippen LogP contribution in [0.2, 0.25) is 0 Å². The van der Waals surface area contributed by atoms with Crippen LogP contribution >= 0.6 is 7.60 Å². The highest BCUT2D eigenvalue weighted by Crippen LogP contribution is 2.49. The Kier molecular flexibility index (Phi) is 3.62. The first-order valence-electron chi connectivity index (χ1n) is 6.04. The smallest absolute Gasteiger partial charge is 0.312 e. The molecular formula is C12H17N2O5P. The van der Waals surface area contributed by atoms with E-state index >= 15 is 0 Å². The van der Waals surface area contributed by atoms with E-state index in [9.17, 15) is 14.2 Å². The summed E-state index contributed by atoms with van der Waals surface area (Å²) in [7, 11) is -0.743. The first kappa shape index (κ1) is 15.0. The zero-order valence-corrected chi connectivity index (χ0v) is 13.0. The first-order chi connectivity index (χ1) is 9.27. The molecule has 0 aliphatic rings. The summed E-state index contributed by atoms with van der Waals surface area (Å²) in [6.45, 7) is 4.99. The van der Waals surface area contributed by atoms with Gasteiger partial charge in [-0.25, -0.2) is 0 Å². The molecule has 0 radical (unpaired) electrons. The number of rotatable bonds is 4. The third-order valence-electron chi connectivity index (χ3n) is 3.68. The van der Waals surface area contributed by atoms with Gasteiger partial charge in [0.1, 0.15) is 0 Å². The molecule has 0 N–H and O–H groups in total. The highest BCUT2D eigenvalue weighted by atomic mass is 31.2. The number of aromatic nitrogens is 2. The van der Waals surface area contributed by atoms with E-state index in [4.69, 9.17) is 9.05 Å². The van der Waals surface area contributed by atoms with Crippen molar-refractivity contribution < 1.29 is 13.6 Å². The summed E-state index contributed by atoms with van der Waals surface area (Å²) in [5.74, 6) is 0. The molecule has 2 rings (SSSR count). The highest BCUT2D eigenvalue weighted by molar-refractivity contribution is 7.52. The Hall–Kier alpha value is -1.43. The van der Waals surface area contributed by atoms with Crippen molar-refractivity contribution in [2.45, 2.75) is 26.9 Å². The number of hydrogen-bond donors (Lipinski definition) is 0. The van der Waals surface area contributed by atoms with Gasteiger partial charge in [-0.2, -0.15) is 4.52 Å². The molecule has 0 fully saturated rings. The Bertz CT molecular complexity index is 812. The Balaban J connectivity index is 2.81. The van der Waals surface area contributed by atoms with Gasteiger partial charge < -0.3 is 9.05 Å². The average molecular weight is 300 g/mol.